The fraction of sp³-hybridized carbons (Fsp3) is 0.414. The minimum absolute atomic E-state index is 0.137. The second-order valence-electron chi connectivity index (χ2n) is 10.8. The number of rotatable bonds is 6. The molecule has 1 saturated carbocycles. The van der Waals surface area contributed by atoms with E-state index in [4.69, 9.17) is 16.9 Å². The van der Waals surface area contributed by atoms with Gasteiger partial charge in [-0.05, 0) is 81.8 Å². The van der Waals surface area contributed by atoms with Crippen molar-refractivity contribution in [2.45, 2.75) is 58.2 Å². The molecule has 1 saturated heterocycles. The van der Waals surface area contributed by atoms with Crippen LogP contribution < -0.4 is 21.9 Å². The maximum absolute atomic E-state index is 13.3. The average molecular weight is 563 g/mol. The number of aromatic nitrogens is 2. The van der Waals surface area contributed by atoms with Gasteiger partial charge in [0.2, 0.25) is 0 Å². The van der Waals surface area contributed by atoms with Crippen LogP contribution in [0.3, 0.4) is 0 Å². The molecular formula is C29H31ClN6O4. The molecule has 10 nitrogen and oxygen atoms in total. The molecule has 1 aliphatic heterocycles. The summed E-state index contributed by atoms with van der Waals surface area (Å²) in [5, 5.41) is 15.5. The first-order valence-electron chi connectivity index (χ1n) is 13.5. The second kappa shape index (κ2) is 11.2. The Bertz CT molecular complexity index is 1650. The van der Waals surface area contributed by atoms with Crippen molar-refractivity contribution >= 4 is 40.1 Å². The standard InChI is InChI=1S/C29H31ClN6O4/c1-17(2)36-25-10-9-21(13-23(25)27(38)35(29(36)40)15-18-5-6-18)33-28(39)34-11-3-4-22(16-34)32-26(37)19-7-8-20(14-31)24(30)12-19/h7-10,12-13,17-18,22H,3-6,11,15-16H2,1-2H3,(H,32,37)(H,33,39). The van der Waals surface area contributed by atoms with Gasteiger partial charge in [0.25, 0.3) is 11.5 Å². The zero-order chi connectivity index (χ0) is 28.6. The number of carbonyl (C=O) groups excluding carboxylic acids is 2. The molecule has 0 spiro atoms. The predicted octanol–water partition coefficient (Wildman–Crippen LogP) is 4.11. The Morgan fingerprint density at radius 3 is 2.58 bits per heavy atom. The quantitative estimate of drug-likeness (QED) is 0.467. The van der Waals surface area contributed by atoms with Crippen molar-refractivity contribution < 1.29 is 9.59 Å². The summed E-state index contributed by atoms with van der Waals surface area (Å²) in [7, 11) is 0. The van der Waals surface area contributed by atoms with Crippen molar-refractivity contribution in [3.05, 3.63) is 73.4 Å². The van der Waals surface area contributed by atoms with Crippen LogP contribution in [0.4, 0.5) is 10.5 Å². The lowest BCUT2D eigenvalue weighted by Gasteiger charge is -2.33. The molecule has 0 bridgehead atoms. The number of hydrogen-bond acceptors (Lipinski definition) is 5. The molecule has 3 amide bonds. The van der Waals surface area contributed by atoms with Crippen LogP contribution in [-0.4, -0.2) is 45.1 Å². The molecule has 208 valence electrons. The number of nitrogens with one attached hydrogen (secondary N) is 2. The second-order valence-corrected chi connectivity index (χ2v) is 11.2. The van der Waals surface area contributed by atoms with Gasteiger partial charge in [0.05, 0.1) is 21.5 Å². The van der Waals surface area contributed by atoms with E-state index in [9.17, 15) is 19.2 Å². The van der Waals surface area contributed by atoms with Crippen LogP contribution in [0.15, 0.2) is 46.0 Å². The number of anilines is 1. The Labute approximate surface area is 236 Å². The summed E-state index contributed by atoms with van der Waals surface area (Å²) in [5.41, 5.74) is 0.985. The van der Waals surface area contributed by atoms with Crippen LogP contribution in [0.1, 0.15) is 61.5 Å². The Balaban J connectivity index is 1.31. The van der Waals surface area contributed by atoms with Crippen molar-refractivity contribution in [3.8, 4) is 6.07 Å². The van der Waals surface area contributed by atoms with E-state index < -0.39 is 0 Å². The number of hydrogen-bond donors (Lipinski definition) is 2. The predicted molar refractivity (Wildman–Crippen MR) is 153 cm³/mol. The fourth-order valence-corrected chi connectivity index (χ4v) is 5.40. The normalized spacial score (nSPS) is 17.1. The van der Waals surface area contributed by atoms with E-state index in [-0.39, 0.29) is 40.3 Å². The highest BCUT2D eigenvalue weighted by molar-refractivity contribution is 6.32. The van der Waals surface area contributed by atoms with Gasteiger partial charge in [-0.15, -0.1) is 0 Å². The van der Waals surface area contributed by atoms with Crippen molar-refractivity contribution in [1.29, 1.82) is 5.26 Å². The minimum Gasteiger partial charge on any atom is -0.348 e. The molecule has 2 N–H and O–H groups in total. The van der Waals surface area contributed by atoms with Gasteiger partial charge >= 0.3 is 11.7 Å². The number of nitrogens with zero attached hydrogens (tertiary/aromatic N) is 4. The molecule has 0 radical (unpaired) electrons. The number of benzene rings is 2. The van der Waals surface area contributed by atoms with Crippen LogP contribution >= 0.6 is 11.6 Å². The number of urea groups is 1. The Kier molecular flexibility index (Phi) is 7.68. The number of likely N-dealkylation sites (tertiary alicyclic amines) is 1. The lowest BCUT2D eigenvalue weighted by molar-refractivity contribution is 0.0913. The molecule has 40 heavy (non-hydrogen) atoms. The third-order valence-electron chi connectivity index (χ3n) is 7.47. The van der Waals surface area contributed by atoms with Gasteiger partial charge in [-0.25, -0.2) is 9.59 Å². The van der Waals surface area contributed by atoms with Crippen molar-refractivity contribution in [3.63, 3.8) is 0 Å². The first-order chi connectivity index (χ1) is 19.2. The molecular weight excluding hydrogens is 532 g/mol. The van der Waals surface area contributed by atoms with E-state index in [1.165, 1.54) is 16.7 Å². The summed E-state index contributed by atoms with van der Waals surface area (Å²) in [6.45, 7) is 5.06. The molecule has 2 aromatic carbocycles. The van der Waals surface area contributed by atoms with Crippen molar-refractivity contribution in [2.24, 2.45) is 5.92 Å². The van der Waals surface area contributed by atoms with Crippen LogP contribution in [0.5, 0.6) is 0 Å². The first kappa shape index (κ1) is 27.5. The molecule has 1 aliphatic carbocycles. The Morgan fingerprint density at radius 2 is 1.90 bits per heavy atom. The molecule has 1 aromatic heterocycles. The van der Waals surface area contributed by atoms with Gasteiger partial charge in [-0.3, -0.25) is 18.7 Å². The highest BCUT2D eigenvalue weighted by Gasteiger charge is 2.27. The Morgan fingerprint density at radius 1 is 1.12 bits per heavy atom. The summed E-state index contributed by atoms with van der Waals surface area (Å²) < 4.78 is 2.95. The summed E-state index contributed by atoms with van der Waals surface area (Å²) in [6, 6.07) is 10.8. The largest absolute Gasteiger partial charge is 0.348 e. The zero-order valence-corrected chi connectivity index (χ0v) is 23.2. The van der Waals surface area contributed by atoms with Gasteiger partial charge in [-0.1, -0.05) is 11.6 Å². The van der Waals surface area contributed by atoms with E-state index in [1.54, 1.807) is 33.7 Å². The van der Waals surface area contributed by atoms with Gasteiger partial charge in [0.1, 0.15) is 6.07 Å². The Hall–Kier alpha value is -4.10. The summed E-state index contributed by atoms with van der Waals surface area (Å²) >= 11 is 6.07. The molecule has 5 rings (SSSR count). The van der Waals surface area contributed by atoms with Gasteiger partial charge < -0.3 is 15.5 Å². The van der Waals surface area contributed by atoms with E-state index in [2.05, 4.69) is 10.6 Å². The molecule has 2 fully saturated rings. The van der Waals surface area contributed by atoms with E-state index >= 15 is 0 Å². The lowest BCUT2D eigenvalue weighted by atomic mass is 10.0. The lowest BCUT2D eigenvalue weighted by Crippen LogP contribution is -2.50. The topological polar surface area (TPSA) is 129 Å². The van der Waals surface area contributed by atoms with Crippen molar-refractivity contribution in [2.75, 3.05) is 18.4 Å². The SMILES string of the molecule is CC(C)n1c(=O)n(CC2CC2)c(=O)c2cc(NC(=O)N3CCCC(NC(=O)c4ccc(C#N)c(Cl)c4)C3)ccc21. The van der Waals surface area contributed by atoms with E-state index in [1.807, 2.05) is 19.9 Å². The average Bonchev–Trinajstić information content (AvgIpc) is 3.75. The van der Waals surface area contributed by atoms with E-state index in [0.717, 1.165) is 12.8 Å². The number of carbonyl (C=O) groups is 2. The number of amides is 3. The number of fused-ring (bicyclic) bond motifs is 1. The fourth-order valence-electron chi connectivity index (χ4n) is 5.18. The van der Waals surface area contributed by atoms with Crippen LogP contribution in [0, 0.1) is 17.2 Å². The minimum atomic E-state index is -0.344. The van der Waals surface area contributed by atoms with Crippen LogP contribution in [0.2, 0.25) is 5.02 Å². The highest BCUT2D eigenvalue weighted by Crippen LogP contribution is 2.30. The number of piperidine rings is 1. The summed E-state index contributed by atoms with van der Waals surface area (Å²) in [5.74, 6) is 0.0274. The van der Waals surface area contributed by atoms with Gasteiger partial charge in [-0.2, -0.15) is 5.26 Å². The highest BCUT2D eigenvalue weighted by atomic mass is 35.5. The monoisotopic (exact) mass is 562 g/mol. The maximum atomic E-state index is 13.3. The van der Waals surface area contributed by atoms with E-state index in [0.29, 0.717) is 66.1 Å². The summed E-state index contributed by atoms with van der Waals surface area (Å²) in [4.78, 5) is 54.0. The maximum Gasteiger partial charge on any atom is 0.331 e. The number of halogens is 1. The molecule has 2 heterocycles. The molecule has 11 heteroatoms. The van der Waals surface area contributed by atoms with Gasteiger partial charge in [0.15, 0.2) is 0 Å². The zero-order valence-electron chi connectivity index (χ0n) is 22.4. The third-order valence-corrected chi connectivity index (χ3v) is 7.78. The first-order valence-corrected chi connectivity index (χ1v) is 13.9. The van der Waals surface area contributed by atoms with Crippen LogP contribution in [-0.2, 0) is 6.54 Å². The molecule has 2 aliphatic rings. The molecule has 1 atom stereocenters. The number of nitriles is 1. The molecule has 3 aromatic rings. The molecule has 1 unspecified atom stereocenters. The van der Waals surface area contributed by atoms with Gasteiger partial charge in [0, 0.05) is 43.0 Å². The van der Waals surface area contributed by atoms with Crippen molar-refractivity contribution in [1.82, 2.24) is 19.4 Å². The smallest absolute Gasteiger partial charge is 0.331 e. The third kappa shape index (κ3) is 5.61. The summed E-state index contributed by atoms with van der Waals surface area (Å²) in [6.07, 6.45) is 3.44. The van der Waals surface area contributed by atoms with Crippen LogP contribution in [0.25, 0.3) is 10.9 Å².